The van der Waals surface area contributed by atoms with Crippen molar-refractivity contribution in [3.63, 3.8) is 0 Å². The maximum atomic E-state index is 12.4. The summed E-state index contributed by atoms with van der Waals surface area (Å²) in [6.45, 7) is 5.74. The molecule has 2 N–H and O–H groups in total. The molecule has 0 radical (unpaired) electrons. The lowest BCUT2D eigenvalue weighted by molar-refractivity contribution is 0.0636. The van der Waals surface area contributed by atoms with Crippen molar-refractivity contribution in [2.24, 2.45) is 11.8 Å². The van der Waals surface area contributed by atoms with Gasteiger partial charge < -0.3 is 4.42 Å². The number of hydrogen-bond donors (Lipinski definition) is 1. The molecule has 0 fully saturated rings. The Balaban J connectivity index is 2.30. The van der Waals surface area contributed by atoms with Crippen LogP contribution in [0.5, 0.6) is 0 Å². The van der Waals surface area contributed by atoms with Gasteiger partial charge in [0.1, 0.15) is 0 Å². The standard InChI is InChI=1S/C16H18N2O2/c1-3-12(2)15(14-9-10-20-11-14)18(17)16(19)13-7-5-4-6-8-13/h3-12,15H,1,17H2,2H3/t12-,15-/m1/s1. The fourth-order valence-electron chi connectivity index (χ4n) is 2.15. The van der Waals surface area contributed by atoms with Crippen LogP contribution in [0.1, 0.15) is 28.9 Å². The molecule has 1 heterocycles. The number of rotatable bonds is 5. The molecular weight excluding hydrogens is 252 g/mol. The van der Waals surface area contributed by atoms with E-state index in [1.165, 1.54) is 5.01 Å². The first-order valence-corrected chi connectivity index (χ1v) is 6.43. The highest BCUT2D eigenvalue weighted by Gasteiger charge is 2.27. The van der Waals surface area contributed by atoms with E-state index in [9.17, 15) is 4.79 Å². The number of nitrogens with zero attached hydrogens (tertiary/aromatic N) is 1. The van der Waals surface area contributed by atoms with Crippen LogP contribution in [0.3, 0.4) is 0 Å². The summed E-state index contributed by atoms with van der Waals surface area (Å²) in [5, 5.41) is 1.24. The Bertz CT molecular complexity index is 563. The van der Waals surface area contributed by atoms with Crippen molar-refractivity contribution >= 4 is 5.91 Å². The summed E-state index contributed by atoms with van der Waals surface area (Å²) in [6, 6.07) is 10.5. The molecular formula is C16H18N2O2. The topological polar surface area (TPSA) is 59.5 Å². The largest absolute Gasteiger partial charge is 0.472 e. The molecule has 104 valence electrons. The summed E-state index contributed by atoms with van der Waals surface area (Å²) in [5.74, 6) is 5.83. The van der Waals surface area contributed by atoms with Crippen molar-refractivity contribution in [2.45, 2.75) is 13.0 Å². The molecule has 0 bridgehead atoms. The van der Waals surface area contributed by atoms with Crippen molar-refractivity contribution in [3.8, 4) is 0 Å². The number of hydrogen-bond acceptors (Lipinski definition) is 3. The van der Waals surface area contributed by atoms with Gasteiger partial charge in [0.05, 0.1) is 18.6 Å². The van der Waals surface area contributed by atoms with E-state index in [1.54, 1.807) is 30.7 Å². The summed E-state index contributed by atoms with van der Waals surface area (Å²) in [5.41, 5.74) is 1.41. The van der Waals surface area contributed by atoms with Crippen LogP contribution in [0.15, 0.2) is 66.0 Å². The molecule has 4 heteroatoms. The highest BCUT2D eigenvalue weighted by Crippen LogP contribution is 2.28. The van der Waals surface area contributed by atoms with Gasteiger partial charge >= 0.3 is 0 Å². The summed E-state index contributed by atoms with van der Waals surface area (Å²) < 4.78 is 5.10. The van der Waals surface area contributed by atoms with E-state index in [4.69, 9.17) is 10.3 Å². The summed E-state index contributed by atoms with van der Waals surface area (Å²) in [6.07, 6.45) is 4.94. The van der Waals surface area contributed by atoms with Crippen LogP contribution in [-0.2, 0) is 0 Å². The second kappa shape index (κ2) is 6.21. The van der Waals surface area contributed by atoms with Gasteiger partial charge in [-0.25, -0.2) is 5.84 Å². The molecule has 1 amide bonds. The lowest BCUT2D eigenvalue weighted by Gasteiger charge is -2.30. The molecule has 20 heavy (non-hydrogen) atoms. The quantitative estimate of drug-likeness (QED) is 0.393. The van der Waals surface area contributed by atoms with E-state index in [1.807, 2.05) is 31.2 Å². The molecule has 1 aromatic carbocycles. The Kier molecular flexibility index (Phi) is 4.38. The molecule has 0 saturated carbocycles. The minimum absolute atomic E-state index is 0.00487. The zero-order chi connectivity index (χ0) is 14.5. The van der Waals surface area contributed by atoms with E-state index in [2.05, 4.69) is 6.58 Å². The third kappa shape index (κ3) is 2.81. The average molecular weight is 270 g/mol. The molecule has 2 aromatic rings. The zero-order valence-electron chi connectivity index (χ0n) is 11.4. The molecule has 0 aliphatic carbocycles. The maximum absolute atomic E-state index is 12.4. The molecule has 4 nitrogen and oxygen atoms in total. The van der Waals surface area contributed by atoms with Gasteiger partial charge in [0.15, 0.2) is 0 Å². The predicted molar refractivity (Wildman–Crippen MR) is 77.6 cm³/mol. The number of nitrogens with two attached hydrogens (primary N) is 1. The third-order valence-corrected chi connectivity index (χ3v) is 3.31. The van der Waals surface area contributed by atoms with Crippen molar-refractivity contribution < 1.29 is 9.21 Å². The van der Waals surface area contributed by atoms with Gasteiger partial charge in [-0.05, 0) is 18.2 Å². The van der Waals surface area contributed by atoms with Crippen LogP contribution < -0.4 is 5.84 Å². The Morgan fingerprint density at radius 1 is 1.35 bits per heavy atom. The first-order chi connectivity index (χ1) is 9.65. The normalized spacial score (nSPS) is 13.5. The van der Waals surface area contributed by atoms with E-state index in [0.29, 0.717) is 5.56 Å². The van der Waals surface area contributed by atoms with E-state index in [-0.39, 0.29) is 17.9 Å². The highest BCUT2D eigenvalue weighted by molar-refractivity contribution is 5.94. The predicted octanol–water partition coefficient (Wildman–Crippen LogP) is 3.16. The molecule has 0 aliphatic heterocycles. The van der Waals surface area contributed by atoms with Gasteiger partial charge in [0.25, 0.3) is 5.91 Å². The van der Waals surface area contributed by atoms with E-state index >= 15 is 0 Å². The van der Waals surface area contributed by atoms with Crippen LogP contribution in [0.25, 0.3) is 0 Å². The Morgan fingerprint density at radius 3 is 2.60 bits per heavy atom. The minimum Gasteiger partial charge on any atom is -0.472 e. The van der Waals surface area contributed by atoms with Crippen LogP contribution >= 0.6 is 0 Å². The number of furan rings is 1. The molecule has 0 aliphatic rings. The van der Waals surface area contributed by atoms with Crippen molar-refractivity contribution in [2.75, 3.05) is 0 Å². The van der Waals surface area contributed by atoms with E-state index < -0.39 is 0 Å². The molecule has 2 atom stereocenters. The fourth-order valence-corrected chi connectivity index (χ4v) is 2.15. The van der Waals surface area contributed by atoms with Crippen LogP contribution in [0.4, 0.5) is 0 Å². The highest BCUT2D eigenvalue weighted by atomic mass is 16.3. The second-order valence-electron chi connectivity index (χ2n) is 4.67. The lowest BCUT2D eigenvalue weighted by atomic mass is 9.95. The van der Waals surface area contributed by atoms with Crippen molar-refractivity contribution in [3.05, 3.63) is 72.7 Å². The van der Waals surface area contributed by atoms with Crippen LogP contribution in [0.2, 0.25) is 0 Å². The Labute approximate surface area is 118 Å². The third-order valence-electron chi connectivity index (χ3n) is 3.31. The minimum atomic E-state index is -0.307. The molecule has 2 rings (SSSR count). The van der Waals surface area contributed by atoms with Crippen molar-refractivity contribution in [1.29, 1.82) is 0 Å². The summed E-state index contributed by atoms with van der Waals surface area (Å²) >= 11 is 0. The second-order valence-corrected chi connectivity index (χ2v) is 4.67. The number of carbonyl (C=O) groups excluding carboxylic acids is 1. The molecule has 0 spiro atoms. The lowest BCUT2D eigenvalue weighted by Crippen LogP contribution is -2.42. The molecule has 1 aromatic heterocycles. The first kappa shape index (κ1) is 14.1. The van der Waals surface area contributed by atoms with Gasteiger partial charge in [0.2, 0.25) is 0 Å². The Morgan fingerprint density at radius 2 is 2.05 bits per heavy atom. The number of benzene rings is 1. The SMILES string of the molecule is C=C[C@@H](C)[C@H](c1ccoc1)N(N)C(=O)c1ccccc1. The van der Waals surface area contributed by atoms with Gasteiger partial charge in [-0.15, -0.1) is 6.58 Å². The van der Waals surface area contributed by atoms with Gasteiger partial charge in [-0.2, -0.15) is 0 Å². The molecule has 0 unspecified atom stereocenters. The van der Waals surface area contributed by atoms with Gasteiger partial charge in [-0.3, -0.25) is 9.80 Å². The number of amides is 1. The summed E-state index contributed by atoms with van der Waals surface area (Å²) in [7, 11) is 0. The molecule has 0 saturated heterocycles. The average Bonchev–Trinajstić information content (AvgIpc) is 3.01. The monoisotopic (exact) mass is 270 g/mol. The smallest absolute Gasteiger partial charge is 0.268 e. The van der Waals surface area contributed by atoms with Gasteiger partial charge in [0, 0.05) is 17.0 Å². The van der Waals surface area contributed by atoms with E-state index in [0.717, 1.165) is 5.56 Å². The van der Waals surface area contributed by atoms with Crippen LogP contribution in [0, 0.1) is 5.92 Å². The first-order valence-electron chi connectivity index (χ1n) is 6.43. The zero-order valence-corrected chi connectivity index (χ0v) is 11.4. The van der Waals surface area contributed by atoms with Crippen LogP contribution in [-0.4, -0.2) is 10.9 Å². The fraction of sp³-hybridized carbons (Fsp3) is 0.188. The number of hydrazine groups is 1. The van der Waals surface area contributed by atoms with Gasteiger partial charge in [-0.1, -0.05) is 31.2 Å². The maximum Gasteiger partial charge on any atom is 0.268 e. The Hall–Kier alpha value is -2.33. The number of carbonyl (C=O) groups is 1. The van der Waals surface area contributed by atoms with Crippen molar-refractivity contribution in [1.82, 2.24) is 5.01 Å². The summed E-state index contributed by atoms with van der Waals surface area (Å²) in [4.78, 5) is 12.4.